The van der Waals surface area contributed by atoms with Gasteiger partial charge in [-0.2, -0.15) is 0 Å². The Balaban J connectivity index is 1.17. The van der Waals surface area contributed by atoms with E-state index in [0.717, 1.165) is 35.8 Å². The Bertz CT molecular complexity index is 1150. The highest BCUT2D eigenvalue weighted by atomic mass is 35.5. The summed E-state index contributed by atoms with van der Waals surface area (Å²) in [6.07, 6.45) is 3.94. The van der Waals surface area contributed by atoms with Crippen molar-refractivity contribution < 1.29 is 9.53 Å². The lowest BCUT2D eigenvalue weighted by molar-refractivity contribution is 0.101. The smallest absolute Gasteiger partial charge is 0.277 e. The van der Waals surface area contributed by atoms with Crippen LogP contribution in [-0.4, -0.2) is 30.1 Å². The molecule has 3 aromatic rings. The maximum Gasteiger partial charge on any atom is 0.277 e. The Morgan fingerprint density at radius 3 is 2.53 bits per heavy atom. The molecule has 1 saturated heterocycles. The molecule has 0 N–H and O–H groups in total. The van der Waals surface area contributed by atoms with Crippen molar-refractivity contribution in [2.75, 3.05) is 13.1 Å². The number of carbonyl (C=O) groups is 1. The van der Waals surface area contributed by atoms with E-state index in [9.17, 15) is 4.79 Å². The number of halogens is 1. The predicted octanol–water partition coefficient (Wildman–Crippen LogP) is 5.87. The third kappa shape index (κ3) is 4.62. The molecule has 0 saturated carbocycles. The van der Waals surface area contributed by atoms with Gasteiger partial charge >= 0.3 is 0 Å². The number of fused-ring (bicyclic) bond motifs is 1. The van der Waals surface area contributed by atoms with E-state index in [-0.39, 0.29) is 5.91 Å². The van der Waals surface area contributed by atoms with Crippen molar-refractivity contribution in [3.8, 4) is 5.75 Å². The minimum absolute atomic E-state index is 0.202. The second kappa shape index (κ2) is 9.27. The number of amides is 1. The van der Waals surface area contributed by atoms with Crippen LogP contribution in [0.4, 0.5) is 0 Å². The maximum atomic E-state index is 11.8. The Morgan fingerprint density at radius 1 is 0.969 bits per heavy atom. The highest BCUT2D eigenvalue weighted by molar-refractivity contribution is 6.30. The van der Waals surface area contributed by atoms with Crippen LogP contribution in [0.15, 0.2) is 71.7 Å². The predicted molar refractivity (Wildman–Crippen MR) is 128 cm³/mol. The minimum atomic E-state index is -0.202. The van der Waals surface area contributed by atoms with Crippen LogP contribution in [-0.2, 0) is 13.2 Å². The quantitative estimate of drug-likeness (QED) is 0.477. The summed E-state index contributed by atoms with van der Waals surface area (Å²) in [5, 5.41) is 0.799. The first-order chi connectivity index (χ1) is 15.7. The summed E-state index contributed by atoms with van der Waals surface area (Å²) in [5.41, 5.74) is 5.20. The van der Waals surface area contributed by atoms with Crippen LogP contribution in [0.3, 0.4) is 0 Å². The molecule has 5 rings (SSSR count). The van der Waals surface area contributed by atoms with Crippen molar-refractivity contribution in [3.05, 3.63) is 99.6 Å². The molecule has 2 aliphatic rings. The number of hydrogen-bond donors (Lipinski definition) is 0. The van der Waals surface area contributed by atoms with Crippen LogP contribution in [0.25, 0.3) is 0 Å². The molecule has 4 nitrogen and oxygen atoms in total. The van der Waals surface area contributed by atoms with Gasteiger partial charge in [-0.1, -0.05) is 54.1 Å². The first-order valence-corrected chi connectivity index (χ1v) is 11.4. The monoisotopic (exact) mass is 444 g/mol. The fourth-order valence-corrected chi connectivity index (χ4v) is 4.70. The second-order valence-corrected chi connectivity index (χ2v) is 8.93. The summed E-state index contributed by atoms with van der Waals surface area (Å²) in [5.74, 6) is 1.12. The van der Waals surface area contributed by atoms with E-state index in [0.29, 0.717) is 23.8 Å². The van der Waals surface area contributed by atoms with Gasteiger partial charge in [0.2, 0.25) is 0 Å². The molecule has 0 aliphatic carbocycles. The molecule has 32 heavy (non-hydrogen) atoms. The van der Waals surface area contributed by atoms with Crippen LogP contribution in [0, 0.1) is 0 Å². The van der Waals surface area contributed by atoms with Gasteiger partial charge in [0.25, 0.3) is 5.91 Å². The normalized spacial score (nSPS) is 16.3. The second-order valence-electron chi connectivity index (χ2n) is 8.49. The molecule has 3 aromatic carbocycles. The van der Waals surface area contributed by atoms with Crippen LogP contribution < -0.4 is 4.74 Å². The largest absolute Gasteiger partial charge is 0.488 e. The van der Waals surface area contributed by atoms with Crippen molar-refractivity contribution in [2.24, 2.45) is 4.99 Å². The average molecular weight is 445 g/mol. The fraction of sp³-hybridized carbons (Fsp3) is 0.259. The molecule has 5 heteroatoms. The number of ether oxygens (including phenoxy) is 1. The zero-order chi connectivity index (χ0) is 21.9. The molecule has 162 valence electrons. The van der Waals surface area contributed by atoms with E-state index >= 15 is 0 Å². The van der Waals surface area contributed by atoms with E-state index in [4.69, 9.17) is 16.3 Å². The molecule has 1 amide bonds. The maximum absolute atomic E-state index is 11.8. The molecular weight excluding hydrogens is 420 g/mol. The van der Waals surface area contributed by atoms with Crippen molar-refractivity contribution in [1.82, 2.24) is 4.90 Å². The summed E-state index contributed by atoms with van der Waals surface area (Å²) >= 11 is 6.03. The number of benzene rings is 3. The summed E-state index contributed by atoms with van der Waals surface area (Å²) in [6, 6.07) is 22.4. The van der Waals surface area contributed by atoms with Gasteiger partial charge in [-0.3, -0.25) is 9.69 Å². The third-order valence-electron chi connectivity index (χ3n) is 6.33. The average Bonchev–Trinajstić information content (AvgIpc) is 3.20. The van der Waals surface area contributed by atoms with E-state index in [2.05, 4.69) is 46.3 Å². The SMILES string of the molecule is O=C1N=Cc2c(OCc3cccc(CN4CCC(c5ccc(Cl)cc5)CC4)c3)cccc21. The summed E-state index contributed by atoms with van der Waals surface area (Å²) in [6.45, 7) is 3.60. The fourth-order valence-electron chi connectivity index (χ4n) is 4.58. The zero-order valence-electron chi connectivity index (χ0n) is 17.8. The number of hydrogen-bond acceptors (Lipinski definition) is 3. The first kappa shape index (κ1) is 20.9. The van der Waals surface area contributed by atoms with Gasteiger partial charge in [-0.25, -0.2) is 4.99 Å². The van der Waals surface area contributed by atoms with Gasteiger partial charge in [0, 0.05) is 23.3 Å². The Morgan fingerprint density at radius 2 is 1.72 bits per heavy atom. The van der Waals surface area contributed by atoms with Crippen molar-refractivity contribution in [3.63, 3.8) is 0 Å². The van der Waals surface area contributed by atoms with Crippen LogP contribution in [0.1, 0.15) is 51.4 Å². The van der Waals surface area contributed by atoms with E-state index < -0.39 is 0 Å². The minimum Gasteiger partial charge on any atom is -0.488 e. The number of rotatable bonds is 6. The Kier molecular flexibility index (Phi) is 6.06. The van der Waals surface area contributed by atoms with Gasteiger partial charge in [-0.05, 0) is 72.8 Å². The Hall–Kier alpha value is -2.95. The molecular formula is C27H25ClN2O2. The van der Waals surface area contributed by atoms with E-state index in [1.165, 1.54) is 24.0 Å². The molecule has 0 atom stereocenters. The molecule has 2 aliphatic heterocycles. The first-order valence-electron chi connectivity index (χ1n) is 11.1. The lowest BCUT2D eigenvalue weighted by atomic mass is 9.89. The molecule has 2 heterocycles. The van der Waals surface area contributed by atoms with Crippen LogP contribution in [0.2, 0.25) is 5.02 Å². The highest BCUT2D eigenvalue weighted by Crippen LogP contribution is 2.30. The standard InChI is InChI=1S/C27H25ClN2O2/c28-23-9-7-21(8-10-23)22-11-13-30(14-12-22)17-19-3-1-4-20(15-19)18-32-26-6-2-5-24-25(26)16-29-27(24)31/h1-10,15-16,22H,11-14,17-18H2. The summed E-state index contributed by atoms with van der Waals surface area (Å²) in [7, 11) is 0. The topological polar surface area (TPSA) is 41.9 Å². The molecule has 0 unspecified atom stereocenters. The number of carbonyl (C=O) groups excluding carboxylic acids is 1. The number of aliphatic imine (C=N–C) groups is 1. The van der Waals surface area contributed by atoms with E-state index in [1.807, 2.05) is 24.3 Å². The van der Waals surface area contributed by atoms with E-state index in [1.54, 1.807) is 12.3 Å². The van der Waals surface area contributed by atoms with Crippen molar-refractivity contribution in [2.45, 2.75) is 31.9 Å². The van der Waals surface area contributed by atoms with Crippen LogP contribution >= 0.6 is 11.6 Å². The van der Waals surface area contributed by atoms with Gasteiger partial charge < -0.3 is 4.74 Å². The molecule has 0 aromatic heterocycles. The third-order valence-corrected chi connectivity index (χ3v) is 6.58. The van der Waals surface area contributed by atoms with Gasteiger partial charge in [0.15, 0.2) is 0 Å². The van der Waals surface area contributed by atoms with Gasteiger partial charge in [-0.15, -0.1) is 0 Å². The summed E-state index contributed by atoms with van der Waals surface area (Å²) < 4.78 is 6.03. The van der Waals surface area contributed by atoms with Gasteiger partial charge in [0.1, 0.15) is 12.4 Å². The number of nitrogens with zero attached hydrogens (tertiary/aromatic N) is 2. The highest BCUT2D eigenvalue weighted by Gasteiger charge is 2.21. The van der Waals surface area contributed by atoms with Crippen molar-refractivity contribution >= 4 is 23.7 Å². The molecule has 0 radical (unpaired) electrons. The van der Waals surface area contributed by atoms with Gasteiger partial charge in [0.05, 0.1) is 5.56 Å². The van der Waals surface area contributed by atoms with Crippen LogP contribution in [0.5, 0.6) is 5.75 Å². The van der Waals surface area contributed by atoms with Crippen molar-refractivity contribution in [1.29, 1.82) is 0 Å². The molecule has 0 spiro atoms. The lowest BCUT2D eigenvalue weighted by Crippen LogP contribution is -2.32. The Labute approximate surface area is 193 Å². The number of likely N-dealkylation sites (tertiary alicyclic amines) is 1. The molecule has 0 bridgehead atoms. The lowest BCUT2D eigenvalue weighted by Gasteiger charge is -2.32. The zero-order valence-corrected chi connectivity index (χ0v) is 18.6. The summed E-state index contributed by atoms with van der Waals surface area (Å²) in [4.78, 5) is 18.2. The molecule has 1 fully saturated rings. The number of piperidine rings is 1.